The number of aryl methyl sites for hydroxylation is 2. The highest BCUT2D eigenvalue weighted by atomic mass is 16.5. The van der Waals surface area contributed by atoms with Gasteiger partial charge in [0.05, 0.1) is 19.3 Å². The van der Waals surface area contributed by atoms with Gasteiger partial charge in [0.2, 0.25) is 0 Å². The summed E-state index contributed by atoms with van der Waals surface area (Å²) in [7, 11) is 1.31. The number of fused-ring (bicyclic) bond motifs is 1. The van der Waals surface area contributed by atoms with Gasteiger partial charge in [-0.25, -0.2) is 4.79 Å². The number of Topliss-reactive ketones (excluding diaryl/α,β-unsaturated/α-hetero) is 1. The minimum Gasteiger partial charge on any atom is -0.492 e. The standard InChI is InChI=1S/C11H12O2.C4H6O2/c1-7-5-8(2)11-9(6-7)10(12)3-4-13-11;1-3-4(5)6-2/h5-6H,3-4H2,1-2H3;3H,1H2,2H3. The average molecular weight is 262 g/mol. The van der Waals surface area contributed by atoms with E-state index < -0.39 is 5.97 Å². The quantitative estimate of drug-likeness (QED) is 0.576. The highest BCUT2D eigenvalue weighted by molar-refractivity contribution is 6.00. The minimum absolute atomic E-state index is 0.202. The lowest BCUT2D eigenvalue weighted by molar-refractivity contribution is -0.134. The molecule has 4 nitrogen and oxygen atoms in total. The van der Waals surface area contributed by atoms with Crippen molar-refractivity contribution >= 4 is 11.8 Å². The third kappa shape index (κ3) is 3.95. The Bertz CT molecular complexity index is 503. The molecular formula is C15H18O4. The zero-order chi connectivity index (χ0) is 14.4. The van der Waals surface area contributed by atoms with E-state index in [-0.39, 0.29) is 5.78 Å². The number of carbonyl (C=O) groups is 2. The summed E-state index contributed by atoms with van der Waals surface area (Å²) in [6, 6.07) is 3.95. The number of rotatable bonds is 1. The molecule has 0 aliphatic carbocycles. The maximum absolute atomic E-state index is 11.5. The summed E-state index contributed by atoms with van der Waals surface area (Å²) in [5.74, 6) is 0.588. The highest BCUT2D eigenvalue weighted by Gasteiger charge is 2.19. The molecule has 0 aromatic heterocycles. The molecule has 0 saturated heterocycles. The summed E-state index contributed by atoms with van der Waals surface area (Å²) in [6.07, 6.45) is 1.62. The molecule has 1 aliphatic heterocycles. The lowest BCUT2D eigenvalue weighted by atomic mass is 9.99. The van der Waals surface area contributed by atoms with Crippen LogP contribution in [0.15, 0.2) is 24.8 Å². The van der Waals surface area contributed by atoms with Crippen molar-refractivity contribution in [1.29, 1.82) is 0 Å². The van der Waals surface area contributed by atoms with Gasteiger partial charge in [-0.3, -0.25) is 4.79 Å². The normalized spacial score (nSPS) is 12.5. The van der Waals surface area contributed by atoms with Crippen LogP contribution in [0.5, 0.6) is 5.75 Å². The van der Waals surface area contributed by atoms with Crippen LogP contribution in [0.25, 0.3) is 0 Å². The minimum atomic E-state index is -0.394. The SMILES string of the molecule is C=CC(=O)OC.Cc1cc(C)c2c(c1)C(=O)CCO2. The van der Waals surface area contributed by atoms with Crippen molar-refractivity contribution in [3.05, 3.63) is 41.5 Å². The second kappa shape index (κ2) is 6.73. The summed E-state index contributed by atoms with van der Waals surface area (Å²) in [4.78, 5) is 21.4. The molecule has 4 heteroatoms. The zero-order valence-electron chi connectivity index (χ0n) is 11.5. The highest BCUT2D eigenvalue weighted by Crippen LogP contribution is 2.29. The maximum Gasteiger partial charge on any atom is 0.329 e. The molecule has 0 saturated carbocycles. The van der Waals surface area contributed by atoms with E-state index in [0.29, 0.717) is 13.0 Å². The monoisotopic (exact) mass is 262 g/mol. The molecule has 0 radical (unpaired) electrons. The topological polar surface area (TPSA) is 52.6 Å². The van der Waals surface area contributed by atoms with Gasteiger partial charge in [0.1, 0.15) is 5.75 Å². The third-order valence-corrected chi connectivity index (χ3v) is 2.66. The first-order chi connectivity index (χ1) is 8.99. The van der Waals surface area contributed by atoms with Crippen molar-refractivity contribution in [2.45, 2.75) is 20.3 Å². The van der Waals surface area contributed by atoms with Crippen molar-refractivity contribution in [3.63, 3.8) is 0 Å². The van der Waals surface area contributed by atoms with E-state index in [0.717, 1.165) is 28.5 Å². The number of ether oxygens (including phenoxy) is 2. The fourth-order valence-electron chi connectivity index (χ4n) is 1.82. The van der Waals surface area contributed by atoms with E-state index in [2.05, 4.69) is 11.3 Å². The van der Waals surface area contributed by atoms with Gasteiger partial charge in [0.25, 0.3) is 0 Å². The lowest BCUT2D eigenvalue weighted by Gasteiger charge is -2.18. The molecule has 0 fully saturated rings. The fraction of sp³-hybridized carbons (Fsp3) is 0.333. The number of benzene rings is 1. The molecule has 19 heavy (non-hydrogen) atoms. The van der Waals surface area contributed by atoms with Gasteiger partial charge in [-0.15, -0.1) is 0 Å². The van der Waals surface area contributed by atoms with E-state index >= 15 is 0 Å². The van der Waals surface area contributed by atoms with Crippen molar-refractivity contribution in [2.75, 3.05) is 13.7 Å². The molecule has 1 aromatic rings. The van der Waals surface area contributed by atoms with Crippen molar-refractivity contribution in [3.8, 4) is 5.75 Å². The zero-order valence-corrected chi connectivity index (χ0v) is 11.5. The summed E-state index contributed by atoms with van der Waals surface area (Å²) >= 11 is 0. The first kappa shape index (κ1) is 15.0. The van der Waals surface area contributed by atoms with Crippen LogP contribution in [-0.2, 0) is 9.53 Å². The first-order valence-electron chi connectivity index (χ1n) is 5.97. The van der Waals surface area contributed by atoms with Crippen LogP contribution in [0.1, 0.15) is 27.9 Å². The van der Waals surface area contributed by atoms with Crippen LogP contribution < -0.4 is 4.74 Å². The lowest BCUT2D eigenvalue weighted by Crippen LogP contribution is -2.16. The molecule has 0 spiro atoms. The predicted octanol–water partition coefficient (Wildman–Crippen LogP) is 2.61. The molecule has 0 N–H and O–H groups in total. The Morgan fingerprint density at radius 2 is 2.11 bits per heavy atom. The van der Waals surface area contributed by atoms with Crippen LogP contribution in [-0.4, -0.2) is 25.5 Å². The second-order valence-corrected chi connectivity index (χ2v) is 4.21. The number of ketones is 1. The van der Waals surface area contributed by atoms with Gasteiger partial charge in [0, 0.05) is 12.5 Å². The predicted molar refractivity (Wildman–Crippen MR) is 72.6 cm³/mol. The van der Waals surface area contributed by atoms with Crippen LogP contribution in [0, 0.1) is 13.8 Å². The summed E-state index contributed by atoms with van der Waals surface area (Å²) in [5.41, 5.74) is 2.93. The molecule has 1 heterocycles. The van der Waals surface area contributed by atoms with E-state index in [1.54, 1.807) is 0 Å². The Kier molecular flexibility index (Phi) is 5.30. The van der Waals surface area contributed by atoms with E-state index in [1.807, 2.05) is 26.0 Å². The van der Waals surface area contributed by atoms with E-state index in [9.17, 15) is 9.59 Å². The Balaban J connectivity index is 0.000000258. The summed E-state index contributed by atoms with van der Waals surface area (Å²) in [5, 5.41) is 0. The molecule has 2 rings (SSSR count). The van der Waals surface area contributed by atoms with Crippen LogP contribution in [0.2, 0.25) is 0 Å². The molecule has 1 aromatic carbocycles. The number of methoxy groups -OCH3 is 1. The molecule has 0 unspecified atom stereocenters. The van der Waals surface area contributed by atoms with Crippen molar-refractivity contribution in [2.24, 2.45) is 0 Å². The molecule has 0 amide bonds. The maximum atomic E-state index is 11.5. The van der Waals surface area contributed by atoms with Crippen molar-refractivity contribution < 1.29 is 19.1 Å². The van der Waals surface area contributed by atoms with E-state index in [1.165, 1.54) is 7.11 Å². The number of hydrogen-bond donors (Lipinski definition) is 0. The first-order valence-corrected chi connectivity index (χ1v) is 5.97. The number of esters is 1. The average Bonchev–Trinajstić information content (AvgIpc) is 2.40. The van der Waals surface area contributed by atoms with E-state index in [4.69, 9.17) is 4.74 Å². The van der Waals surface area contributed by atoms with Crippen LogP contribution in [0.4, 0.5) is 0 Å². The fourth-order valence-corrected chi connectivity index (χ4v) is 1.82. The summed E-state index contributed by atoms with van der Waals surface area (Å²) in [6.45, 7) is 7.65. The summed E-state index contributed by atoms with van der Waals surface area (Å²) < 4.78 is 9.60. The largest absolute Gasteiger partial charge is 0.492 e. The Labute approximate surface area is 113 Å². The third-order valence-electron chi connectivity index (χ3n) is 2.66. The number of carbonyl (C=O) groups excluding carboxylic acids is 2. The Morgan fingerprint density at radius 1 is 1.42 bits per heavy atom. The second-order valence-electron chi connectivity index (χ2n) is 4.21. The molecular weight excluding hydrogens is 244 g/mol. The van der Waals surface area contributed by atoms with Crippen molar-refractivity contribution in [1.82, 2.24) is 0 Å². The molecule has 0 bridgehead atoms. The molecule has 1 aliphatic rings. The van der Waals surface area contributed by atoms with Crippen LogP contribution in [0.3, 0.4) is 0 Å². The number of hydrogen-bond acceptors (Lipinski definition) is 4. The van der Waals surface area contributed by atoms with Gasteiger partial charge >= 0.3 is 5.97 Å². The Hall–Kier alpha value is -2.10. The molecule has 0 atom stereocenters. The van der Waals surface area contributed by atoms with Crippen LogP contribution >= 0.6 is 0 Å². The van der Waals surface area contributed by atoms with Gasteiger partial charge in [-0.2, -0.15) is 0 Å². The Morgan fingerprint density at radius 3 is 2.63 bits per heavy atom. The van der Waals surface area contributed by atoms with Gasteiger partial charge in [0.15, 0.2) is 5.78 Å². The molecule has 102 valence electrons. The van der Waals surface area contributed by atoms with Gasteiger partial charge < -0.3 is 9.47 Å². The van der Waals surface area contributed by atoms with Gasteiger partial charge in [-0.05, 0) is 31.0 Å². The van der Waals surface area contributed by atoms with Gasteiger partial charge in [-0.1, -0.05) is 12.6 Å². The smallest absolute Gasteiger partial charge is 0.329 e.